The van der Waals surface area contributed by atoms with E-state index < -0.39 is 11.6 Å². The fourth-order valence-electron chi connectivity index (χ4n) is 2.65. The Morgan fingerprint density at radius 2 is 1.91 bits per heavy atom. The van der Waals surface area contributed by atoms with E-state index in [0.29, 0.717) is 26.3 Å². The van der Waals surface area contributed by atoms with Crippen molar-refractivity contribution in [1.82, 2.24) is 4.90 Å². The number of para-hydroxylation sites is 1. The van der Waals surface area contributed by atoms with E-state index in [0.717, 1.165) is 0 Å². The minimum absolute atomic E-state index is 0.0946. The van der Waals surface area contributed by atoms with Crippen LogP contribution in [0.3, 0.4) is 0 Å². The summed E-state index contributed by atoms with van der Waals surface area (Å²) in [4.78, 5) is 13.7. The molecule has 0 radical (unpaired) electrons. The van der Waals surface area contributed by atoms with Crippen molar-refractivity contribution in [2.75, 3.05) is 32.9 Å². The van der Waals surface area contributed by atoms with Crippen molar-refractivity contribution in [2.24, 2.45) is 5.41 Å². The number of hydrogen-bond acceptors (Lipinski definition) is 4. The number of amides is 1. The quantitative estimate of drug-likeness (QED) is 0.854. The average molecular weight is 309 g/mol. The lowest BCUT2D eigenvalue weighted by molar-refractivity contribution is -0.303. The molecule has 2 heterocycles. The van der Waals surface area contributed by atoms with Crippen LogP contribution in [0.5, 0.6) is 5.75 Å². The smallest absolute Gasteiger partial charge is 0.260 e. The Kier molecular flexibility index (Phi) is 3.82. The summed E-state index contributed by atoms with van der Waals surface area (Å²) in [7, 11) is 0. The summed E-state index contributed by atoms with van der Waals surface area (Å²) < 4.78 is 30.0. The van der Waals surface area contributed by atoms with Crippen LogP contribution in [-0.2, 0) is 14.3 Å². The minimum atomic E-state index is -0.552. The van der Waals surface area contributed by atoms with Gasteiger partial charge in [0.15, 0.2) is 24.0 Å². The fraction of sp³-hybridized carbons (Fsp3) is 0.562. The maximum absolute atomic E-state index is 13.4. The van der Waals surface area contributed by atoms with Gasteiger partial charge in [0.05, 0.1) is 18.6 Å². The average Bonchev–Trinajstić information content (AvgIpc) is 2.44. The molecule has 1 amide bonds. The molecule has 1 aromatic rings. The molecule has 5 nitrogen and oxygen atoms in total. The SMILES string of the molecule is CC1(C)OCC2(CO1)CN(C(=O)COc1ccccc1F)C2. The number of benzene rings is 1. The molecule has 0 aromatic heterocycles. The number of ether oxygens (including phenoxy) is 3. The summed E-state index contributed by atoms with van der Waals surface area (Å²) in [6, 6.07) is 6.05. The lowest BCUT2D eigenvalue weighted by atomic mass is 9.80. The highest BCUT2D eigenvalue weighted by Gasteiger charge is 2.50. The largest absolute Gasteiger partial charge is 0.481 e. The van der Waals surface area contributed by atoms with Crippen molar-refractivity contribution in [1.29, 1.82) is 0 Å². The van der Waals surface area contributed by atoms with Crippen LogP contribution in [-0.4, -0.2) is 49.5 Å². The maximum atomic E-state index is 13.4. The van der Waals surface area contributed by atoms with Gasteiger partial charge in [0.2, 0.25) is 0 Å². The van der Waals surface area contributed by atoms with Gasteiger partial charge >= 0.3 is 0 Å². The third kappa shape index (κ3) is 3.08. The van der Waals surface area contributed by atoms with E-state index in [4.69, 9.17) is 14.2 Å². The van der Waals surface area contributed by atoms with Gasteiger partial charge in [-0.2, -0.15) is 0 Å². The molecule has 0 aliphatic carbocycles. The van der Waals surface area contributed by atoms with Crippen molar-refractivity contribution >= 4 is 5.91 Å². The van der Waals surface area contributed by atoms with E-state index in [-0.39, 0.29) is 23.7 Å². The predicted octanol–water partition coefficient (Wildman–Crippen LogP) is 1.82. The van der Waals surface area contributed by atoms with E-state index >= 15 is 0 Å². The molecule has 0 bridgehead atoms. The van der Waals surface area contributed by atoms with Gasteiger partial charge in [0, 0.05) is 13.1 Å². The number of carbonyl (C=O) groups excluding carboxylic acids is 1. The summed E-state index contributed by atoms with van der Waals surface area (Å²) in [5.74, 6) is -1.08. The number of likely N-dealkylation sites (tertiary alicyclic amines) is 1. The first-order chi connectivity index (χ1) is 10.4. The van der Waals surface area contributed by atoms with E-state index in [9.17, 15) is 9.18 Å². The molecule has 2 saturated heterocycles. The molecular weight excluding hydrogens is 289 g/mol. The van der Waals surface area contributed by atoms with Crippen molar-refractivity contribution in [3.8, 4) is 5.75 Å². The zero-order chi connectivity index (χ0) is 15.8. The van der Waals surface area contributed by atoms with Crippen LogP contribution >= 0.6 is 0 Å². The lowest BCUT2D eigenvalue weighted by Gasteiger charge is -2.53. The molecule has 0 unspecified atom stereocenters. The Balaban J connectivity index is 1.47. The molecule has 3 rings (SSSR count). The van der Waals surface area contributed by atoms with Crippen molar-refractivity contribution in [3.05, 3.63) is 30.1 Å². The van der Waals surface area contributed by atoms with E-state index in [1.54, 1.807) is 17.0 Å². The topological polar surface area (TPSA) is 48.0 Å². The zero-order valence-corrected chi connectivity index (χ0v) is 12.8. The van der Waals surface area contributed by atoms with Crippen LogP contribution in [0.15, 0.2) is 24.3 Å². The Hall–Kier alpha value is -1.66. The van der Waals surface area contributed by atoms with Gasteiger partial charge in [0.1, 0.15) is 0 Å². The molecule has 2 fully saturated rings. The molecule has 0 saturated carbocycles. The molecule has 6 heteroatoms. The highest BCUT2D eigenvalue weighted by atomic mass is 19.1. The molecule has 0 N–H and O–H groups in total. The zero-order valence-electron chi connectivity index (χ0n) is 12.8. The minimum Gasteiger partial charge on any atom is -0.481 e. The molecule has 120 valence electrons. The van der Waals surface area contributed by atoms with Gasteiger partial charge in [-0.3, -0.25) is 4.79 Å². The van der Waals surface area contributed by atoms with Gasteiger partial charge in [-0.1, -0.05) is 12.1 Å². The summed E-state index contributed by atoms with van der Waals surface area (Å²) in [6.07, 6.45) is 0. The van der Waals surface area contributed by atoms with Gasteiger partial charge in [0.25, 0.3) is 5.91 Å². The van der Waals surface area contributed by atoms with E-state index in [1.165, 1.54) is 12.1 Å². The maximum Gasteiger partial charge on any atom is 0.260 e. The molecule has 1 aromatic carbocycles. The van der Waals surface area contributed by atoms with Crippen LogP contribution in [0.1, 0.15) is 13.8 Å². The van der Waals surface area contributed by atoms with Crippen molar-refractivity contribution < 1.29 is 23.4 Å². The van der Waals surface area contributed by atoms with Crippen LogP contribution < -0.4 is 4.74 Å². The first-order valence-corrected chi connectivity index (χ1v) is 7.32. The normalized spacial score (nSPS) is 22.2. The second-order valence-corrected chi connectivity index (χ2v) is 6.45. The first-order valence-electron chi connectivity index (χ1n) is 7.32. The molecule has 22 heavy (non-hydrogen) atoms. The van der Waals surface area contributed by atoms with Gasteiger partial charge in [-0.15, -0.1) is 0 Å². The number of halogens is 1. The monoisotopic (exact) mass is 309 g/mol. The van der Waals surface area contributed by atoms with Gasteiger partial charge in [-0.05, 0) is 26.0 Å². The van der Waals surface area contributed by atoms with Crippen molar-refractivity contribution in [3.63, 3.8) is 0 Å². The van der Waals surface area contributed by atoms with E-state index in [1.807, 2.05) is 13.8 Å². The first kappa shape index (κ1) is 15.2. The Morgan fingerprint density at radius 1 is 1.27 bits per heavy atom. The molecule has 2 aliphatic rings. The van der Waals surface area contributed by atoms with Gasteiger partial charge < -0.3 is 19.1 Å². The van der Waals surface area contributed by atoms with E-state index in [2.05, 4.69) is 0 Å². The summed E-state index contributed by atoms with van der Waals surface area (Å²) >= 11 is 0. The number of carbonyl (C=O) groups is 1. The number of nitrogens with zero attached hydrogens (tertiary/aromatic N) is 1. The van der Waals surface area contributed by atoms with Crippen molar-refractivity contribution in [2.45, 2.75) is 19.6 Å². The number of rotatable bonds is 3. The Morgan fingerprint density at radius 3 is 2.55 bits per heavy atom. The standard InChI is InChI=1S/C16H20FNO4/c1-15(2)21-10-16(11-22-15)8-18(9-16)14(19)7-20-13-6-4-3-5-12(13)17/h3-6H,7-11H2,1-2H3. The highest BCUT2D eigenvalue weighted by molar-refractivity contribution is 5.78. The lowest BCUT2D eigenvalue weighted by Crippen LogP contribution is -2.66. The molecule has 0 atom stereocenters. The predicted molar refractivity (Wildman–Crippen MR) is 76.9 cm³/mol. The van der Waals surface area contributed by atoms with Crippen LogP contribution in [0, 0.1) is 11.2 Å². The third-order valence-corrected chi connectivity index (χ3v) is 4.04. The summed E-state index contributed by atoms with van der Waals surface area (Å²) in [6.45, 7) is 5.93. The van der Waals surface area contributed by atoms with Crippen LogP contribution in [0.2, 0.25) is 0 Å². The molecule has 1 spiro atoms. The summed E-state index contributed by atoms with van der Waals surface area (Å²) in [5, 5.41) is 0. The Bertz CT molecular complexity index is 557. The number of hydrogen-bond donors (Lipinski definition) is 0. The summed E-state index contributed by atoms with van der Waals surface area (Å²) in [5.41, 5.74) is -0.108. The second kappa shape index (κ2) is 5.52. The highest BCUT2D eigenvalue weighted by Crippen LogP contribution is 2.37. The fourth-order valence-corrected chi connectivity index (χ4v) is 2.65. The Labute approximate surface area is 128 Å². The van der Waals surface area contributed by atoms with Gasteiger partial charge in [-0.25, -0.2) is 4.39 Å². The molecule has 2 aliphatic heterocycles. The van der Waals surface area contributed by atoms with Crippen LogP contribution in [0.25, 0.3) is 0 Å². The van der Waals surface area contributed by atoms with Crippen LogP contribution in [0.4, 0.5) is 4.39 Å². The second-order valence-electron chi connectivity index (χ2n) is 6.45. The molecular formula is C16H20FNO4. The third-order valence-electron chi connectivity index (χ3n) is 4.04.